The van der Waals surface area contributed by atoms with Crippen molar-refractivity contribution in [1.29, 1.82) is 0 Å². The third kappa shape index (κ3) is 19.2. The highest BCUT2D eigenvalue weighted by Gasteiger charge is 2.35. The van der Waals surface area contributed by atoms with Gasteiger partial charge in [0.25, 0.3) is 10.1 Å². The molecule has 0 radical (unpaired) electrons. The lowest BCUT2D eigenvalue weighted by Crippen LogP contribution is -2.43. The first-order valence-electron chi connectivity index (χ1n) is 15.4. The van der Waals surface area contributed by atoms with Crippen molar-refractivity contribution in [1.82, 2.24) is 0 Å². The van der Waals surface area contributed by atoms with Crippen molar-refractivity contribution < 1.29 is 55.4 Å². The average molecular weight is 675 g/mol. The highest BCUT2D eigenvalue weighted by molar-refractivity contribution is 7.86. The first-order chi connectivity index (χ1) is 21.0. The van der Waals surface area contributed by atoms with Crippen LogP contribution in [0.4, 0.5) is 0 Å². The lowest BCUT2D eigenvalue weighted by atomic mass is 9.92. The van der Waals surface area contributed by atoms with E-state index >= 15 is 0 Å². The molecule has 1 aromatic carbocycles. The van der Waals surface area contributed by atoms with Gasteiger partial charge >= 0.3 is 17.9 Å². The summed E-state index contributed by atoms with van der Waals surface area (Å²) in [5.74, 6) is -1.38. The van der Waals surface area contributed by atoms with E-state index in [9.17, 15) is 22.8 Å². The molecule has 0 aliphatic carbocycles. The zero-order valence-corrected chi connectivity index (χ0v) is 30.0. The van der Waals surface area contributed by atoms with Crippen LogP contribution in [0.3, 0.4) is 0 Å². The second-order valence-electron chi connectivity index (χ2n) is 14.2. The Labute approximate surface area is 274 Å². The van der Waals surface area contributed by atoms with Crippen molar-refractivity contribution in [2.24, 2.45) is 5.41 Å². The number of benzene rings is 1. The van der Waals surface area contributed by atoms with E-state index in [1.807, 2.05) is 6.92 Å². The Morgan fingerprint density at radius 3 is 1.20 bits per heavy atom. The minimum Gasteiger partial charge on any atom is -0.460 e. The quantitative estimate of drug-likeness (QED) is 0.0847. The van der Waals surface area contributed by atoms with Gasteiger partial charge in [0.1, 0.15) is 16.8 Å². The number of rotatable bonds is 19. The summed E-state index contributed by atoms with van der Waals surface area (Å²) in [6.07, 6.45) is -0.140. The molecule has 0 heterocycles. The van der Waals surface area contributed by atoms with Crippen LogP contribution in [0.5, 0.6) is 0 Å². The molecule has 0 saturated carbocycles. The summed E-state index contributed by atoms with van der Waals surface area (Å²) in [5, 5.41) is 0. The maximum Gasteiger partial charge on any atom is 0.308 e. The van der Waals surface area contributed by atoms with Crippen LogP contribution in [0.25, 0.3) is 0 Å². The largest absolute Gasteiger partial charge is 0.460 e. The van der Waals surface area contributed by atoms with Crippen LogP contribution in [0, 0.1) is 12.3 Å². The smallest absolute Gasteiger partial charge is 0.308 e. The predicted octanol–water partition coefficient (Wildman–Crippen LogP) is 4.93. The Morgan fingerprint density at radius 2 is 0.891 bits per heavy atom. The van der Waals surface area contributed by atoms with Crippen LogP contribution in [-0.4, -0.2) is 89.4 Å². The summed E-state index contributed by atoms with van der Waals surface area (Å²) in [5.41, 5.74) is -2.34. The van der Waals surface area contributed by atoms with E-state index in [1.54, 1.807) is 74.4 Å². The van der Waals surface area contributed by atoms with Gasteiger partial charge in [-0.2, -0.15) is 8.42 Å². The van der Waals surface area contributed by atoms with Gasteiger partial charge in [-0.3, -0.25) is 18.6 Å². The molecule has 0 unspecified atom stereocenters. The molecule has 0 aliphatic heterocycles. The molecule has 0 saturated heterocycles. The van der Waals surface area contributed by atoms with Crippen LogP contribution in [0.15, 0.2) is 29.2 Å². The van der Waals surface area contributed by atoms with Gasteiger partial charge in [-0.25, -0.2) is 0 Å². The molecule has 0 N–H and O–H groups in total. The van der Waals surface area contributed by atoms with Crippen LogP contribution >= 0.6 is 0 Å². The topological polar surface area (TPSA) is 150 Å². The van der Waals surface area contributed by atoms with Crippen molar-refractivity contribution in [2.75, 3.05) is 46.2 Å². The van der Waals surface area contributed by atoms with E-state index < -0.39 is 56.9 Å². The minimum absolute atomic E-state index is 0.0306. The van der Waals surface area contributed by atoms with Crippen LogP contribution in [0.1, 0.15) is 87.1 Å². The van der Waals surface area contributed by atoms with Crippen molar-refractivity contribution in [3.8, 4) is 0 Å². The summed E-state index contributed by atoms with van der Waals surface area (Å²) >= 11 is 0. The fourth-order valence-corrected chi connectivity index (χ4v) is 4.75. The molecule has 0 aromatic heterocycles. The summed E-state index contributed by atoms with van der Waals surface area (Å²) in [6.45, 7) is 16.7. The molecule has 13 heteroatoms. The zero-order chi connectivity index (χ0) is 35.2. The molecule has 1 aromatic rings. The van der Waals surface area contributed by atoms with Gasteiger partial charge in [-0.1, -0.05) is 17.7 Å². The highest BCUT2D eigenvalue weighted by atomic mass is 32.2. The van der Waals surface area contributed by atoms with Gasteiger partial charge in [0, 0.05) is 0 Å². The lowest BCUT2D eigenvalue weighted by molar-refractivity contribution is -0.157. The Kier molecular flexibility index (Phi) is 16.3. The predicted molar refractivity (Wildman–Crippen MR) is 171 cm³/mol. The third-order valence-electron chi connectivity index (χ3n) is 5.67. The normalized spacial score (nSPS) is 12.9. The molecule has 0 spiro atoms. The highest BCUT2D eigenvalue weighted by Crippen LogP contribution is 2.25. The maximum atomic E-state index is 13.1. The van der Waals surface area contributed by atoms with E-state index in [-0.39, 0.29) is 63.8 Å². The molecule has 0 bridgehead atoms. The Bertz CT molecular complexity index is 1110. The molecule has 0 amide bonds. The first-order valence-corrected chi connectivity index (χ1v) is 16.8. The van der Waals surface area contributed by atoms with Gasteiger partial charge in [0.15, 0.2) is 0 Å². The number of carbonyl (C=O) groups is 3. The molecule has 1 rings (SSSR count). The van der Waals surface area contributed by atoms with Crippen LogP contribution < -0.4 is 0 Å². The van der Waals surface area contributed by atoms with Gasteiger partial charge in [-0.05, 0) is 81.4 Å². The molecule has 0 fully saturated rings. The number of hydrogen-bond donors (Lipinski definition) is 0. The molecule has 264 valence electrons. The summed E-state index contributed by atoms with van der Waals surface area (Å²) in [7, 11) is -4.19. The van der Waals surface area contributed by atoms with E-state index in [0.717, 1.165) is 5.56 Å². The van der Waals surface area contributed by atoms with Crippen molar-refractivity contribution in [2.45, 2.75) is 110 Å². The molecule has 12 nitrogen and oxygen atoms in total. The number of esters is 3. The standard InChI is InChI=1S/C33H54O12S/c1-25-11-13-26(14-12-25)46(37,38)42-24-33(21-39-18-15-27(34)43-30(2,3)4,22-40-19-16-28(35)44-31(5,6)7)23-41-20-17-29(36)45-32(8,9)10/h11-14H,15-24H2,1-10H3. The Balaban J connectivity index is 3.13. The molecular formula is C33H54O12S. The van der Waals surface area contributed by atoms with Gasteiger partial charge in [0.2, 0.25) is 0 Å². The minimum atomic E-state index is -4.19. The Hall–Kier alpha value is -2.58. The number of ether oxygens (including phenoxy) is 6. The van der Waals surface area contributed by atoms with E-state index in [0.29, 0.717) is 0 Å². The van der Waals surface area contributed by atoms with Gasteiger partial charge in [0.05, 0.1) is 75.8 Å². The average Bonchev–Trinajstić information content (AvgIpc) is 2.87. The van der Waals surface area contributed by atoms with Gasteiger partial charge in [-0.15, -0.1) is 0 Å². The van der Waals surface area contributed by atoms with E-state index in [2.05, 4.69) is 0 Å². The number of carbonyl (C=O) groups excluding carboxylic acids is 3. The van der Waals surface area contributed by atoms with Crippen molar-refractivity contribution in [3.63, 3.8) is 0 Å². The Morgan fingerprint density at radius 1 is 0.565 bits per heavy atom. The number of aryl methyl sites for hydroxylation is 1. The second kappa shape index (κ2) is 18.1. The lowest BCUT2D eigenvalue weighted by Gasteiger charge is -2.32. The number of hydrogen-bond acceptors (Lipinski definition) is 12. The molecule has 0 atom stereocenters. The van der Waals surface area contributed by atoms with Gasteiger partial charge < -0.3 is 28.4 Å². The van der Waals surface area contributed by atoms with Crippen molar-refractivity contribution in [3.05, 3.63) is 29.8 Å². The molecule has 0 aliphatic rings. The monoisotopic (exact) mass is 674 g/mol. The summed E-state index contributed by atoms with van der Waals surface area (Å²) < 4.78 is 65.3. The van der Waals surface area contributed by atoms with Crippen LogP contribution in [0.2, 0.25) is 0 Å². The molecule has 46 heavy (non-hydrogen) atoms. The van der Waals surface area contributed by atoms with Crippen molar-refractivity contribution >= 4 is 28.0 Å². The zero-order valence-electron chi connectivity index (χ0n) is 29.2. The van der Waals surface area contributed by atoms with E-state index in [1.165, 1.54) is 12.1 Å². The summed E-state index contributed by atoms with van der Waals surface area (Å²) in [4.78, 5) is 36.6. The van der Waals surface area contributed by atoms with E-state index in [4.69, 9.17) is 32.6 Å². The first kappa shape index (κ1) is 41.4. The molecular weight excluding hydrogens is 620 g/mol. The third-order valence-corrected chi connectivity index (χ3v) is 6.94. The second-order valence-corrected chi connectivity index (χ2v) is 15.8. The SMILES string of the molecule is Cc1ccc(S(=O)(=O)OCC(COCCC(=O)OC(C)(C)C)(COCCC(=O)OC(C)(C)C)COCCC(=O)OC(C)(C)C)cc1. The maximum absolute atomic E-state index is 13.1. The summed E-state index contributed by atoms with van der Waals surface area (Å²) in [6, 6.07) is 6.20. The fourth-order valence-electron chi connectivity index (χ4n) is 3.74. The van der Waals surface area contributed by atoms with Crippen LogP contribution in [-0.2, 0) is 57.1 Å². The fraction of sp³-hybridized carbons (Fsp3) is 0.727.